The van der Waals surface area contributed by atoms with E-state index in [9.17, 15) is 14.3 Å². The van der Waals surface area contributed by atoms with Crippen LogP contribution in [0.3, 0.4) is 0 Å². The minimum Gasteiger partial charge on any atom is -0.393 e. The molecule has 3 unspecified atom stereocenters. The van der Waals surface area contributed by atoms with Crippen molar-refractivity contribution < 1.29 is 14.3 Å². The molecule has 108 valence electrons. The van der Waals surface area contributed by atoms with Gasteiger partial charge in [-0.2, -0.15) is 0 Å². The molecule has 1 aromatic carbocycles. The van der Waals surface area contributed by atoms with Crippen molar-refractivity contribution in [2.45, 2.75) is 44.6 Å². The van der Waals surface area contributed by atoms with E-state index in [1.165, 1.54) is 12.1 Å². The zero-order chi connectivity index (χ0) is 14.3. The van der Waals surface area contributed by atoms with Crippen molar-refractivity contribution in [1.29, 1.82) is 0 Å². The summed E-state index contributed by atoms with van der Waals surface area (Å²) in [6, 6.07) is 6.53. The van der Waals surface area contributed by atoms with Crippen LogP contribution in [-0.4, -0.2) is 17.0 Å². The summed E-state index contributed by atoms with van der Waals surface area (Å²) in [5.41, 5.74) is 1.04. The molecule has 5 atom stereocenters. The van der Waals surface area contributed by atoms with E-state index in [1.54, 1.807) is 12.1 Å². The Bertz CT molecular complexity index is 496. The van der Waals surface area contributed by atoms with Crippen molar-refractivity contribution in [3.63, 3.8) is 0 Å². The Balaban J connectivity index is 1.95. The molecule has 0 radical (unpaired) electrons. The molecule has 2 saturated carbocycles. The van der Waals surface area contributed by atoms with E-state index in [1.807, 2.05) is 6.92 Å². The average Bonchev–Trinajstić information content (AvgIpc) is 2.74. The zero-order valence-corrected chi connectivity index (χ0v) is 11.8. The summed E-state index contributed by atoms with van der Waals surface area (Å²) < 4.78 is 13.1. The Kier molecular flexibility index (Phi) is 3.63. The number of rotatable bonds is 3. The van der Waals surface area contributed by atoms with Crippen molar-refractivity contribution in [1.82, 2.24) is 0 Å². The topological polar surface area (TPSA) is 37.3 Å². The van der Waals surface area contributed by atoms with Gasteiger partial charge in [0.2, 0.25) is 0 Å². The molecule has 1 aromatic rings. The number of Topliss-reactive ketones (excluding diaryl/α,β-unsaturated/α-hetero) is 1. The molecule has 0 spiro atoms. The van der Waals surface area contributed by atoms with Crippen LogP contribution in [0.2, 0.25) is 0 Å². The lowest BCUT2D eigenvalue weighted by molar-refractivity contribution is -0.127. The standard InChI is InChI=1S/C17H21FO2/c1-2-15(19)17-13(11-3-5-12(18)6-4-11)7-10-8-14(17)16(20)9-10/h3-6,10,13-14,16-17,20H,2,7-9H2,1H3/t10?,13-,14?,16?,17-/m0/s1. The molecule has 0 amide bonds. The highest BCUT2D eigenvalue weighted by Gasteiger charge is 2.49. The zero-order valence-electron chi connectivity index (χ0n) is 11.8. The third-order valence-electron chi connectivity index (χ3n) is 5.17. The van der Waals surface area contributed by atoms with Gasteiger partial charge in [-0.25, -0.2) is 4.39 Å². The van der Waals surface area contributed by atoms with Gasteiger partial charge in [-0.1, -0.05) is 19.1 Å². The van der Waals surface area contributed by atoms with Crippen LogP contribution < -0.4 is 0 Å². The van der Waals surface area contributed by atoms with Crippen LogP contribution in [-0.2, 0) is 4.79 Å². The maximum Gasteiger partial charge on any atom is 0.136 e. The predicted octanol–water partition coefficient (Wildman–Crippen LogP) is 3.30. The Morgan fingerprint density at radius 1 is 1.25 bits per heavy atom. The number of halogens is 1. The maximum absolute atomic E-state index is 13.1. The fourth-order valence-corrected chi connectivity index (χ4v) is 4.29. The van der Waals surface area contributed by atoms with Gasteiger partial charge in [0.05, 0.1) is 6.10 Å². The first-order chi connectivity index (χ1) is 9.60. The highest BCUT2D eigenvalue weighted by atomic mass is 19.1. The van der Waals surface area contributed by atoms with Gasteiger partial charge in [-0.05, 0) is 54.7 Å². The number of aliphatic hydroxyl groups is 1. The number of ketones is 1. The molecule has 2 aliphatic carbocycles. The van der Waals surface area contributed by atoms with Gasteiger partial charge < -0.3 is 5.11 Å². The monoisotopic (exact) mass is 276 g/mol. The van der Waals surface area contributed by atoms with E-state index < -0.39 is 0 Å². The molecule has 2 fully saturated rings. The van der Waals surface area contributed by atoms with Crippen LogP contribution in [0.15, 0.2) is 24.3 Å². The number of benzene rings is 1. The van der Waals surface area contributed by atoms with E-state index in [4.69, 9.17) is 0 Å². The molecule has 20 heavy (non-hydrogen) atoms. The molecule has 3 rings (SSSR count). The number of carbonyl (C=O) groups is 1. The van der Waals surface area contributed by atoms with Gasteiger partial charge in [0.25, 0.3) is 0 Å². The minimum absolute atomic E-state index is 0.0938. The van der Waals surface area contributed by atoms with Gasteiger partial charge in [-0.3, -0.25) is 4.79 Å². The van der Waals surface area contributed by atoms with Crippen LogP contribution in [0.5, 0.6) is 0 Å². The van der Waals surface area contributed by atoms with Crippen LogP contribution in [0.4, 0.5) is 4.39 Å². The third kappa shape index (κ3) is 2.28. The number of carbonyl (C=O) groups excluding carboxylic acids is 1. The Morgan fingerprint density at radius 3 is 2.60 bits per heavy atom. The van der Waals surface area contributed by atoms with Crippen molar-refractivity contribution in [3.05, 3.63) is 35.6 Å². The number of hydrogen-bond acceptors (Lipinski definition) is 2. The van der Waals surface area contributed by atoms with Crippen LogP contribution in [0.1, 0.15) is 44.1 Å². The predicted molar refractivity (Wildman–Crippen MR) is 74.8 cm³/mol. The third-order valence-corrected chi connectivity index (χ3v) is 5.17. The molecular formula is C17H21FO2. The highest BCUT2D eigenvalue weighted by Crippen LogP contribution is 2.52. The van der Waals surface area contributed by atoms with Crippen molar-refractivity contribution >= 4 is 5.78 Å². The SMILES string of the molecule is CCC(=O)[C@@H]1C2CC(CC2O)C[C@H]1c1ccc(F)cc1. The lowest BCUT2D eigenvalue weighted by atomic mass is 9.67. The quantitative estimate of drug-likeness (QED) is 0.919. The molecule has 2 bridgehead atoms. The first kappa shape index (κ1) is 13.7. The molecular weight excluding hydrogens is 255 g/mol. The molecule has 0 aromatic heterocycles. The molecule has 3 heteroatoms. The van der Waals surface area contributed by atoms with E-state index in [-0.39, 0.29) is 35.5 Å². The van der Waals surface area contributed by atoms with Crippen LogP contribution >= 0.6 is 0 Å². The second kappa shape index (κ2) is 5.28. The van der Waals surface area contributed by atoms with Gasteiger partial charge in [-0.15, -0.1) is 0 Å². The molecule has 2 nitrogen and oxygen atoms in total. The molecule has 2 aliphatic rings. The molecule has 0 aliphatic heterocycles. The van der Waals surface area contributed by atoms with E-state index in [2.05, 4.69) is 0 Å². The van der Waals surface area contributed by atoms with E-state index in [0.29, 0.717) is 12.3 Å². The first-order valence-electron chi connectivity index (χ1n) is 7.56. The van der Waals surface area contributed by atoms with Crippen LogP contribution in [0, 0.1) is 23.6 Å². The number of fused-ring (bicyclic) bond motifs is 2. The average molecular weight is 276 g/mol. The maximum atomic E-state index is 13.1. The Hall–Kier alpha value is -1.22. The summed E-state index contributed by atoms with van der Waals surface area (Å²) in [5.74, 6) is 0.639. The Morgan fingerprint density at radius 2 is 1.95 bits per heavy atom. The second-order valence-electron chi connectivity index (χ2n) is 6.31. The molecule has 0 saturated heterocycles. The summed E-state index contributed by atoms with van der Waals surface area (Å²) in [7, 11) is 0. The Labute approximate surface area is 119 Å². The summed E-state index contributed by atoms with van der Waals surface area (Å²) in [6.07, 6.45) is 2.89. The lowest BCUT2D eigenvalue weighted by Crippen LogP contribution is -2.35. The van der Waals surface area contributed by atoms with Gasteiger partial charge in [0.15, 0.2) is 0 Å². The smallest absolute Gasteiger partial charge is 0.136 e. The fraction of sp³-hybridized carbons (Fsp3) is 0.588. The van der Waals surface area contributed by atoms with Crippen LogP contribution in [0.25, 0.3) is 0 Å². The lowest BCUT2D eigenvalue weighted by Gasteiger charge is -2.36. The normalized spacial score (nSPS) is 36.0. The van der Waals surface area contributed by atoms with E-state index in [0.717, 1.165) is 24.8 Å². The summed E-state index contributed by atoms with van der Waals surface area (Å²) in [6.45, 7) is 1.89. The van der Waals surface area contributed by atoms with Crippen molar-refractivity contribution in [2.24, 2.45) is 17.8 Å². The van der Waals surface area contributed by atoms with E-state index >= 15 is 0 Å². The van der Waals surface area contributed by atoms with Crippen molar-refractivity contribution in [2.75, 3.05) is 0 Å². The molecule has 0 heterocycles. The minimum atomic E-state index is -0.342. The largest absolute Gasteiger partial charge is 0.393 e. The fourth-order valence-electron chi connectivity index (χ4n) is 4.29. The summed E-state index contributed by atoms with van der Waals surface area (Å²) >= 11 is 0. The number of hydrogen-bond donors (Lipinski definition) is 1. The van der Waals surface area contributed by atoms with Gasteiger partial charge in [0, 0.05) is 12.3 Å². The van der Waals surface area contributed by atoms with Gasteiger partial charge >= 0.3 is 0 Å². The highest BCUT2D eigenvalue weighted by molar-refractivity contribution is 5.82. The van der Waals surface area contributed by atoms with Crippen molar-refractivity contribution in [3.8, 4) is 0 Å². The first-order valence-corrected chi connectivity index (χ1v) is 7.56. The summed E-state index contributed by atoms with van der Waals surface area (Å²) in [5, 5.41) is 10.2. The number of aliphatic hydroxyl groups excluding tert-OH is 1. The summed E-state index contributed by atoms with van der Waals surface area (Å²) in [4.78, 5) is 12.4. The second-order valence-corrected chi connectivity index (χ2v) is 6.31. The van der Waals surface area contributed by atoms with Gasteiger partial charge in [0.1, 0.15) is 11.6 Å². The molecule has 1 N–H and O–H groups in total.